The van der Waals surface area contributed by atoms with Gasteiger partial charge in [-0.25, -0.2) is 0 Å². The average molecular weight is 271 g/mol. The molecule has 1 aromatic carbocycles. The number of methoxy groups -OCH3 is 1. The molecule has 1 rings (SSSR count). The molecule has 0 radical (unpaired) electrons. The monoisotopic (exact) mass is 270 g/mol. The lowest BCUT2D eigenvalue weighted by molar-refractivity contribution is 0.167. The predicted molar refractivity (Wildman–Crippen MR) is 65.1 cm³/mol. The fourth-order valence-corrected chi connectivity index (χ4v) is 1.85. The topological polar surface area (TPSA) is 29.5 Å². The second-order valence-electron chi connectivity index (χ2n) is 3.27. The first kappa shape index (κ1) is 12.3. The number of hydrogen-bond acceptors (Lipinski definition) is 2. The summed E-state index contributed by atoms with van der Waals surface area (Å²) in [6.07, 6.45) is 2.80. The zero-order valence-electron chi connectivity index (χ0n) is 8.74. The van der Waals surface area contributed by atoms with Crippen LogP contribution in [-0.4, -0.2) is 12.2 Å². The molecule has 0 saturated carbocycles. The molecule has 15 heavy (non-hydrogen) atoms. The molecule has 2 nitrogen and oxygen atoms in total. The van der Waals surface area contributed by atoms with Gasteiger partial charge in [-0.05, 0) is 36.6 Å². The Morgan fingerprint density at radius 1 is 1.60 bits per heavy atom. The molecule has 0 amide bonds. The van der Waals surface area contributed by atoms with Gasteiger partial charge < -0.3 is 9.84 Å². The third kappa shape index (κ3) is 3.36. The van der Waals surface area contributed by atoms with Gasteiger partial charge in [0.05, 0.1) is 13.2 Å². The van der Waals surface area contributed by atoms with Crippen LogP contribution in [-0.2, 0) is 0 Å². The van der Waals surface area contributed by atoms with Gasteiger partial charge in [0.2, 0.25) is 0 Å². The number of benzene rings is 1. The van der Waals surface area contributed by atoms with Crippen molar-refractivity contribution in [2.75, 3.05) is 7.11 Å². The Kier molecular flexibility index (Phi) is 4.85. The van der Waals surface area contributed by atoms with Crippen LogP contribution in [0.5, 0.6) is 5.75 Å². The van der Waals surface area contributed by atoms with Gasteiger partial charge in [0.15, 0.2) is 0 Å². The second kappa shape index (κ2) is 5.93. The number of allylic oxidation sites excluding steroid dienone is 1. The molecule has 1 unspecified atom stereocenters. The highest BCUT2D eigenvalue weighted by Gasteiger charge is 2.11. The van der Waals surface area contributed by atoms with Crippen molar-refractivity contribution in [2.45, 2.75) is 18.9 Å². The normalized spacial score (nSPS) is 12.2. The zero-order chi connectivity index (χ0) is 11.3. The summed E-state index contributed by atoms with van der Waals surface area (Å²) in [7, 11) is 1.61. The van der Waals surface area contributed by atoms with Gasteiger partial charge in [0, 0.05) is 4.47 Å². The predicted octanol–water partition coefficient (Wildman–Crippen LogP) is 3.46. The van der Waals surface area contributed by atoms with Crippen molar-refractivity contribution < 1.29 is 9.84 Å². The Morgan fingerprint density at radius 2 is 2.33 bits per heavy atom. The van der Waals surface area contributed by atoms with Gasteiger partial charge in [-0.3, -0.25) is 0 Å². The fourth-order valence-electron chi connectivity index (χ4n) is 1.34. The van der Waals surface area contributed by atoms with E-state index >= 15 is 0 Å². The minimum Gasteiger partial charge on any atom is -0.497 e. The van der Waals surface area contributed by atoms with E-state index in [0.29, 0.717) is 6.42 Å². The Labute approximate surface area is 98.7 Å². The van der Waals surface area contributed by atoms with Crippen molar-refractivity contribution in [1.82, 2.24) is 0 Å². The van der Waals surface area contributed by atoms with Crippen LogP contribution in [0.1, 0.15) is 24.5 Å². The van der Waals surface area contributed by atoms with Gasteiger partial charge >= 0.3 is 0 Å². The van der Waals surface area contributed by atoms with E-state index in [1.54, 1.807) is 13.2 Å². The zero-order valence-corrected chi connectivity index (χ0v) is 10.3. The SMILES string of the molecule is C=CCCC(O)c1cc(OC)ccc1Br. The molecule has 1 N–H and O–H groups in total. The van der Waals surface area contributed by atoms with Crippen molar-refractivity contribution in [3.05, 3.63) is 40.9 Å². The van der Waals surface area contributed by atoms with Gasteiger partial charge in [-0.15, -0.1) is 6.58 Å². The quantitative estimate of drug-likeness (QED) is 0.831. The molecule has 0 aliphatic rings. The number of aliphatic hydroxyl groups is 1. The van der Waals surface area contributed by atoms with Gasteiger partial charge in [-0.1, -0.05) is 22.0 Å². The summed E-state index contributed by atoms with van der Waals surface area (Å²) >= 11 is 3.41. The lowest BCUT2D eigenvalue weighted by Gasteiger charge is -2.13. The van der Waals surface area contributed by atoms with Crippen LogP contribution in [0.3, 0.4) is 0 Å². The van der Waals surface area contributed by atoms with Crippen LogP contribution in [0.2, 0.25) is 0 Å². The molecular weight excluding hydrogens is 256 g/mol. The van der Waals surface area contributed by atoms with E-state index in [9.17, 15) is 5.11 Å². The Balaban J connectivity index is 2.85. The Hall–Kier alpha value is -0.800. The molecule has 0 aliphatic heterocycles. The lowest BCUT2D eigenvalue weighted by Crippen LogP contribution is -1.98. The minimum absolute atomic E-state index is 0.479. The third-order valence-corrected chi connectivity index (χ3v) is 2.93. The molecule has 1 atom stereocenters. The van der Waals surface area contributed by atoms with E-state index in [-0.39, 0.29) is 0 Å². The minimum atomic E-state index is -0.479. The van der Waals surface area contributed by atoms with Crippen LogP contribution < -0.4 is 4.74 Å². The maximum atomic E-state index is 9.92. The van der Waals surface area contributed by atoms with Crippen LogP contribution in [0, 0.1) is 0 Å². The summed E-state index contributed by atoms with van der Waals surface area (Å²) in [6, 6.07) is 5.58. The number of aliphatic hydroxyl groups excluding tert-OH is 1. The Morgan fingerprint density at radius 3 is 2.93 bits per heavy atom. The van der Waals surface area contributed by atoms with E-state index in [0.717, 1.165) is 22.2 Å². The number of halogens is 1. The molecule has 0 bridgehead atoms. The highest BCUT2D eigenvalue weighted by Crippen LogP contribution is 2.29. The van der Waals surface area contributed by atoms with Crippen molar-refractivity contribution in [3.63, 3.8) is 0 Å². The van der Waals surface area contributed by atoms with Crippen molar-refractivity contribution >= 4 is 15.9 Å². The molecule has 0 heterocycles. The van der Waals surface area contributed by atoms with Crippen LogP contribution in [0.4, 0.5) is 0 Å². The van der Waals surface area contributed by atoms with Crippen molar-refractivity contribution in [3.8, 4) is 5.75 Å². The fraction of sp³-hybridized carbons (Fsp3) is 0.333. The highest BCUT2D eigenvalue weighted by molar-refractivity contribution is 9.10. The van der Waals surface area contributed by atoms with Crippen LogP contribution >= 0.6 is 15.9 Å². The summed E-state index contributed by atoms with van der Waals surface area (Å²) in [5, 5.41) is 9.92. The molecule has 3 heteroatoms. The van der Waals surface area contributed by atoms with Gasteiger partial charge in [0.25, 0.3) is 0 Å². The summed E-state index contributed by atoms with van der Waals surface area (Å²) in [5.41, 5.74) is 0.858. The van der Waals surface area contributed by atoms with Gasteiger partial charge in [-0.2, -0.15) is 0 Å². The molecular formula is C12H15BrO2. The van der Waals surface area contributed by atoms with E-state index in [2.05, 4.69) is 22.5 Å². The summed E-state index contributed by atoms with van der Waals surface area (Å²) < 4.78 is 6.02. The molecule has 0 spiro atoms. The first-order chi connectivity index (χ1) is 7.19. The maximum absolute atomic E-state index is 9.92. The van der Waals surface area contributed by atoms with Crippen LogP contribution in [0.15, 0.2) is 35.3 Å². The second-order valence-corrected chi connectivity index (χ2v) is 4.12. The van der Waals surface area contributed by atoms with Crippen molar-refractivity contribution in [1.29, 1.82) is 0 Å². The number of ether oxygens (including phenoxy) is 1. The highest BCUT2D eigenvalue weighted by atomic mass is 79.9. The molecule has 82 valence electrons. The standard InChI is InChI=1S/C12H15BrO2/c1-3-4-5-12(14)10-8-9(15-2)6-7-11(10)13/h3,6-8,12,14H,1,4-5H2,2H3. The molecule has 0 aliphatic carbocycles. The smallest absolute Gasteiger partial charge is 0.119 e. The average Bonchev–Trinajstić information content (AvgIpc) is 2.26. The first-order valence-electron chi connectivity index (χ1n) is 4.81. The van der Waals surface area contributed by atoms with E-state index in [1.807, 2.05) is 18.2 Å². The van der Waals surface area contributed by atoms with E-state index in [4.69, 9.17) is 4.74 Å². The van der Waals surface area contributed by atoms with E-state index in [1.165, 1.54) is 0 Å². The van der Waals surface area contributed by atoms with Crippen molar-refractivity contribution in [2.24, 2.45) is 0 Å². The third-order valence-electron chi connectivity index (χ3n) is 2.21. The van der Waals surface area contributed by atoms with Crippen LogP contribution in [0.25, 0.3) is 0 Å². The Bertz CT molecular complexity index is 336. The molecule has 0 saturated heterocycles. The maximum Gasteiger partial charge on any atom is 0.119 e. The number of hydrogen-bond donors (Lipinski definition) is 1. The molecule has 0 fully saturated rings. The first-order valence-corrected chi connectivity index (χ1v) is 5.60. The summed E-state index contributed by atoms with van der Waals surface area (Å²) in [6.45, 7) is 3.63. The van der Waals surface area contributed by atoms with E-state index < -0.39 is 6.10 Å². The van der Waals surface area contributed by atoms with Gasteiger partial charge in [0.1, 0.15) is 5.75 Å². The lowest BCUT2D eigenvalue weighted by atomic mass is 10.0. The summed E-state index contributed by atoms with van der Waals surface area (Å²) in [4.78, 5) is 0. The number of rotatable bonds is 5. The molecule has 0 aromatic heterocycles. The summed E-state index contributed by atoms with van der Waals surface area (Å²) in [5.74, 6) is 0.755. The largest absolute Gasteiger partial charge is 0.497 e. The molecule has 1 aromatic rings.